The minimum Gasteiger partial charge on any atom is -0.497 e. The Bertz CT molecular complexity index is 924. The summed E-state index contributed by atoms with van der Waals surface area (Å²) in [6, 6.07) is 14.0. The van der Waals surface area contributed by atoms with Gasteiger partial charge in [0.15, 0.2) is 0 Å². The molecule has 0 N–H and O–H groups in total. The van der Waals surface area contributed by atoms with E-state index >= 15 is 0 Å². The first-order valence-electron chi connectivity index (χ1n) is 10.4. The second-order valence-corrected chi connectivity index (χ2v) is 8.02. The summed E-state index contributed by atoms with van der Waals surface area (Å²) in [5.41, 5.74) is 0.988. The highest BCUT2D eigenvalue weighted by Gasteiger charge is 2.47. The number of ether oxygens (including phenoxy) is 4. The van der Waals surface area contributed by atoms with Gasteiger partial charge >= 0.3 is 11.9 Å². The summed E-state index contributed by atoms with van der Waals surface area (Å²) in [6.07, 6.45) is 1.67. The van der Waals surface area contributed by atoms with Crippen molar-refractivity contribution in [2.45, 2.75) is 43.6 Å². The Balaban J connectivity index is 1.37. The predicted octanol–water partition coefficient (Wildman–Crippen LogP) is 3.32. The fourth-order valence-corrected chi connectivity index (χ4v) is 4.48. The van der Waals surface area contributed by atoms with Crippen LogP contribution in [-0.4, -0.2) is 62.4 Å². The molecule has 2 aliphatic heterocycles. The third-order valence-corrected chi connectivity index (χ3v) is 6.26. The molecule has 0 aliphatic carbocycles. The Morgan fingerprint density at radius 2 is 1.29 bits per heavy atom. The van der Waals surface area contributed by atoms with Crippen LogP contribution in [0.15, 0.2) is 48.5 Å². The Kier molecular flexibility index (Phi) is 6.13. The van der Waals surface area contributed by atoms with E-state index in [-0.39, 0.29) is 36.2 Å². The Morgan fingerprint density at radius 1 is 0.774 bits per heavy atom. The third kappa shape index (κ3) is 4.51. The molecule has 0 amide bonds. The van der Waals surface area contributed by atoms with Gasteiger partial charge < -0.3 is 18.9 Å². The molecule has 4 unspecified atom stereocenters. The number of methoxy groups -OCH3 is 2. The van der Waals surface area contributed by atoms with Gasteiger partial charge in [0.05, 0.1) is 31.4 Å². The number of nitrogens with zero attached hydrogens (tertiary/aromatic N) is 1. The second kappa shape index (κ2) is 8.98. The molecule has 2 aliphatic rings. The molecule has 2 saturated heterocycles. The highest BCUT2D eigenvalue weighted by atomic mass is 16.6. The molecule has 31 heavy (non-hydrogen) atoms. The fraction of sp³-hybridized carbons (Fsp3) is 0.417. The normalized spacial score (nSPS) is 25.0. The van der Waals surface area contributed by atoms with Crippen molar-refractivity contribution in [3.8, 4) is 11.5 Å². The standard InChI is InChI=1S/C24H27NO6/c1-25-17-12-20(30-23(26)15-4-8-18(28-2)9-5-15)14-21(25)22(13-17)31-24(27)16-6-10-19(29-3)11-7-16/h4-11,17,20-22H,12-14H2,1-3H3. The van der Waals surface area contributed by atoms with Gasteiger partial charge in [0.2, 0.25) is 0 Å². The van der Waals surface area contributed by atoms with Crippen LogP contribution in [0.2, 0.25) is 0 Å². The van der Waals surface area contributed by atoms with Crippen LogP contribution in [0.4, 0.5) is 0 Å². The Labute approximate surface area is 181 Å². The van der Waals surface area contributed by atoms with Crippen molar-refractivity contribution in [3.63, 3.8) is 0 Å². The van der Waals surface area contributed by atoms with Gasteiger partial charge in [-0.05, 0) is 55.6 Å². The van der Waals surface area contributed by atoms with Gasteiger partial charge in [0, 0.05) is 25.3 Å². The average Bonchev–Trinajstić information content (AvgIpc) is 2.96. The highest BCUT2D eigenvalue weighted by Crippen LogP contribution is 2.38. The molecule has 0 spiro atoms. The van der Waals surface area contributed by atoms with Crippen LogP contribution in [0, 0.1) is 0 Å². The van der Waals surface area contributed by atoms with E-state index in [4.69, 9.17) is 18.9 Å². The molecule has 2 aromatic carbocycles. The van der Waals surface area contributed by atoms with Gasteiger partial charge in [-0.1, -0.05) is 0 Å². The van der Waals surface area contributed by atoms with Crippen molar-refractivity contribution < 1.29 is 28.5 Å². The maximum Gasteiger partial charge on any atom is 0.338 e. The monoisotopic (exact) mass is 425 g/mol. The first kappa shape index (κ1) is 21.2. The lowest BCUT2D eigenvalue weighted by Gasteiger charge is -2.36. The maximum atomic E-state index is 12.6. The van der Waals surface area contributed by atoms with Crippen molar-refractivity contribution in [3.05, 3.63) is 59.7 Å². The van der Waals surface area contributed by atoms with Crippen LogP contribution in [0.3, 0.4) is 0 Å². The third-order valence-electron chi connectivity index (χ3n) is 6.26. The number of esters is 2. The quantitative estimate of drug-likeness (QED) is 0.657. The molecule has 7 heteroatoms. The molecule has 0 saturated carbocycles. The average molecular weight is 425 g/mol. The van der Waals surface area contributed by atoms with Gasteiger partial charge in [-0.25, -0.2) is 9.59 Å². The summed E-state index contributed by atoms with van der Waals surface area (Å²) in [4.78, 5) is 27.4. The molecule has 7 nitrogen and oxygen atoms in total. The summed E-state index contributed by atoms with van der Waals surface area (Å²) in [7, 11) is 5.21. The smallest absolute Gasteiger partial charge is 0.338 e. The van der Waals surface area contributed by atoms with Crippen LogP contribution in [-0.2, 0) is 9.47 Å². The maximum absolute atomic E-state index is 12.6. The lowest BCUT2D eigenvalue weighted by atomic mass is 10.00. The molecule has 164 valence electrons. The molecule has 0 aromatic heterocycles. The minimum absolute atomic E-state index is 0.0228. The van der Waals surface area contributed by atoms with Gasteiger partial charge in [-0.2, -0.15) is 0 Å². The summed E-state index contributed by atoms with van der Waals surface area (Å²) in [5.74, 6) is 0.689. The SMILES string of the molecule is COc1ccc(C(=O)OC2CC3CC(OC(=O)c4ccc(OC)cc4)C(C2)N3C)cc1. The number of benzene rings is 2. The number of carbonyl (C=O) groups excluding carboxylic acids is 2. The summed E-state index contributed by atoms with van der Waals surface area (Å²) in [5, 5.41) is 0. The van der Waals surface area contributed by atoms with E-state index in [1.165, 1.54) is 0 Å². The van der Waals surface area contributed by atoms with Crippen LogP contribution >= 0.6 is 0 Å². The lowest BCUT2D eigenvalue weighted by molar-refractivity contribution is -0.0152. The molecule has 4 rings (SSSR count). The highest BCUT2D eigenvalue weighted by molar-refractivity contribution is 5.90. The van der Waals surface area contributed by atoms with Gasteiger partial charge in [-0.3, -0.25) is 4.90 Å². The number of hydrogen-bond donors (Lipinski definition) is 0. The predicted molar refractivity (Wildman–Crippen MR) is 114 cm³/mol. The number of rotatable bonds is 6. The van der Waals surface area contributed by atoms with E-state index in [1.54, 1.807) is 62.8 Å². The van der Waals surface area contributed by atoms with Crippen molar-refractivity contribution in [1.29, 1.82) is 0 Å². The number of fused-ring (bicyclic) bond motifs is 2. The molecule has 4 atom stereocenters. The first-order chi connectivity index (χ1) is 15.0. The second-order valence-electron chi connectivity index (χ2n) is 8.02. The molecular weight excluding hydrogens is 398 g/mol. The summed E-state index contributed by atoms with van der Waals surface area (Å²) in [6.45, 7) is 0. The Morgan fingerprint density at radius 3 is 1.81 bits per heavy atom. The Hall–Kier alpha value is -3.06. The van der Waals surface area contributed by atoms with Crippen molar-refractivity contribution in [2.75, 3.05) is 21.3 Å². The molecule has 0 radical (unpaired) electrons. The van der Waals surface area contributed by atoms with Crippen molar-refractivity contribution in [2.24, 2.45) is 0 Å². The molecule has 2 aromatic rings. The fourth-order valence-electron chi connectivity index (χ4n) is 4.48. The van der Waals surface area contributed by atoms with E-state index < -0.39 is 0 Å². The van der Waals surface area contributed by atoms with E-state index in [9.17, 15) is 9.59 Å². The van der Waals surface area contributed by atoms with Crippen LogP contribution < -0.4 is 9.47 Å². The number of piperidine rings is 1. The zero-order chi connectivity index (χ0) is 22.0. The number of carbonyl (C=O) groups is 2. The van der Waals surface area contributed by atoms with Crippen molar-refractivity contribution in [1.82, 2.24) is 4.90 Å². The summed E-state index contributed by atoms with van der Waals surface area (Å²) >= 11 is 0. The zero-order valence-corrected chi connectivity index (χ0v) is 17.9. The van der Waals surface area contributed by atoms with Gasteiger partial charge in [0.25, 0.3) is 0 Å². The molecular formula is C24H27NO6. The first-order valence-corrected chi connectivity index (χ1v) is 10.4. The summed E-state index contributed by atoms with van der Waals surface area (Å²) < 4.78 is 21.9. The topological polar surface area (TPSA) is 74.3 Å². The van der Waals surface area contributed by atoms with Gasteiger partial charge in [-0.15, -0.1) is 0 Å². The van der Waals surface area contributed by atoms with Crippen LogP contribution in [0.25, 0.3) is 0 Å². The largest absolute Gasteiger partial charge is 0.497 e. The van der Waals surface area contributed by atoms with Crippen LogP contribution in [0.5, 0.6) is 11.5 Å². The zero-order valence-electron chi connectivity index (χ0n) is 17.9. The number of hydrogen-bond acceptors (Lipinski definition) is 7. The number of likely N-dealkylation sites (N-methyl/N-ethyl adjacent to an activating group) is 1. The van der Waals surface area contributed by atoms with Gasteiger partial charge in [0.1, 0.15) is 23.7 Å². The molecule has 2 fully saturated rings. The van der Waals surface area contributed by atoms with Crippen molar-refractivity contribution >= 4 is 11.9 Å². The van der Waals surface area contributed by atoms with E-state index in [1.807, 2.05) is 7.05 Å². The van der Waals surface area contributed by atoms with E-state index in [0.29, 0.717) is 29.0 Å². The van der Waals surface area contributed by atoms with Crippen LogP contribution in [0.1, 0.15) is 40.0 Å². The molecule has 2 bridgehead atoms. The minimum atomic E-state index is -0.347. The van der Waals surface area contributed by atoms with E-state index in [0.717, 1.165) is 12.8 Å². The van der Waals surface area contributed by atoms with E-state index in [2.05, 4.69) is 4.90 Å². The lowest BCUT2D eigenvalue weighted by Crippen LogP contribution is -2.46. The molecule has 2 heterocycles.